The van der Waals surface area contributed by atoms with Crippen LogP contribution in [0.2, 0.25) is 5.02 Å². The average molecular weight is 290 g/mol. The maximum absolute atomic E-state index is 6.01. The van der Waals surface area contributed by atoms with Gasteiger partial charge >= 0.3 is 0 Å². The summed E-state index contributed by atoms with van der Waals surface area (Å²) in [5.74, 6) is 5.49. The maximum atomic E-state index is 6.01. The molecule has 0 aliphatic heterocycles. The van der Waals surface area contributed by atoms with Gasteiger partial charge in [-0.25, -0.2) is 0 Å². The van der Waals surface area contributed by atoms with E-state index in [1.54, 1.807) is 0 Å². The van der Waals surface area contributed by atoms with E-state index in [1.165, 1.54) is 0 Å². The van der Waals surface area contributed by atoms with Crippen molar-refractivity contribution in [2.75, 3.05) is 0 Å². The molecule has 1 atom stereocenters. The number of halogens is 2. The van der Waals surface area contributed by atoms with Crippen molar-refractivity contribution >= 4 is 27.5 Å². The summed E-state index contributed by atoms with van der Waals surface area (Å²) >= 11 is 9.37. The first-order valence-corrected chi connectivity index (χ1v) is 5.88. The van der Waals surface area contributed by atoms with E-state index >= 15 is 0 Å². The van der Waals surface area contributed by atoms with Gasteiger partial charge in [-0.15, -0.1) is 6.58 Å². The molecule has 1 aromatic carbocycles. The van der Waals surface area contributed by atoms with Gasteiger partial charge in [0, 0.05) is 10.5 Å². The standard InChI is InChI=1S/C11H14BrClN2/c1-2-3-4-11(15-14)8-5-6-9(12)10(13)7-8/h2,5-7,11,15H,1,3-4,14H2. The van der Waals surface area contributed by atoms with Gasteiger partial charge in [0.15, 0.2) is 0 Å². The highest BCUT2D eigenvalue weighted by molar-refractivity contribution is 9.10. The molecule has 0 saturated heterocycles. The van der Waals surface area contributed by atoms with Gasteiger partial charge < -0.3 is 0 Å². The van der Waals surface area contributed by atoms with Crippen molar-refractivity contribution in [3.05, 3.63) is 45.9 Å². The monoisotopic (exact) mass is 288 g/mol. The molecule has 0 aliphatic carbocycles. The summed E-state index contributed by atoms with van der Waals surface area (Å²) in [6.45, 7) is 3.69. The number of nitrogens with two attached hydrogens (primary N) is 1. The van der Waals surface area contributed by atoms with E-state index < -0.39 is 0 Å². The zero-order valence-electron chi connectivity index (χ0n) is 8.34. The highest BCUT2D eigenvalue weighted by Gasteiger charge is 2.09. The topological polar surface area (TPSA) is 38.0 Å². The molecule has 0 spiro atoms. The van der Waals surface area contributed by atoms with E-state index in [0.717, 1.165) is 22.9 Å². The summed E-state index contributed by atoms with van der Waals surface area (Å²) < 4.78 is 0.896. The third-order valence-electron chi connectivity index (χ3n) is 2.21. The van der Waals surface area contributed by atoms with Crippen molar-refractivity contribution in [1.29, 1.82) is 0 Å². The van der Waals surface area contributed by atoms with Gasteiger partial charge in [-0.3, -0.25) is 11.3 Å². The molecule has 3 N–H and O–H groups in total. The lowest BCUT2D eigenvalue weighted by Gasteiger charge is -2.15. The summed E-state index contributed by atoms with van der Waals surface area (Å²) in [6, 6.07) is 5.97. The fourth-order valence-electron chi connectivity index (χ4n) is 1.36. The average Bonchev–Trinajstić information content (AvgIpc) is 2.24. The second-order valence-electron chi connectivity index (χ2n) is 3.26. The van der Waals surface area contributed by atoms with Crippen LogP contribution in [0.5, 0.6) is 0 Å². The Kier molecular flexibility index (Phi) is 5.32. The van der Waals surface area contributed by atoms with Crippen LogP contribution in [0.1, 0.15) is 24.4 Å². The molecule has 0 aliphatic rings. The van der Waals surface area contributed by atoms with Crippen molar-refractivity contribution in [1.82, 2.24) is 5.43 Å². The van der Waals surface area contributed by atoms with Crippen LogP contribution in [0.4, 0.5) is 0 Å². The number of hydrogen-bond acceptors (Lipinski definition) is 2. The largest absolute Gasteiger partial charge is 0.271 e. The molecule has 15 heavy (non-hydrogen) atoms. The van der Waals surface area contributed by atoms with E-state index in [-0.39, 0.29) is 6.04 Å². The lowest BCUT2D eigenvalue weighted by Crippen LogP contribution is -2.27. The third-order valence-corrected chi connectivity index (χ3v) is 3.44. The first kappa shape index (κ1) is 12.7. The molecule has 0 fully saturated rings. The summed E-state index contributed by atoms with van der Waals surface area (Å²) in [4.78, 5) is 0. The summed E-state index contributed by atoms with van der Waals surface area (Å²) in [5.41, 5.74) is 3.87. The Morgan fingerprint density at radius 2 is 2.33 bits per heavy atom. The van der Waals surface area contributed by atoms with Crippen LogP contribution in [0.3, 0.4) is 0 Å². The summed E-state index contributed by atoms with van der Waals surface area (Å²) in [6.07, 6.45) is 3.71. The van der Waals surface area contributed by atoms with Crippen molar-refractivity contribution in [3.8, 4) is 0 Å². The highest BCUT2D eigenvalue weighted by Crippen LogP contribution is 2.27. The van der Waals surface area contributed by atoms with Crippen molar-refractivity contribution in [2.24, 2.45) is 5.84 Å². The number of allylic oxidation sites excluding steroid dienone is 1. The number of rotatable bonds is 5. The number of benzene rings is 1. The lowest BCUT2D eigenvalue weighted by molar-refractivity contribution is 0.521. The molecule has 0 heterocycles. The molecule has 2 nitrogen and oxygen atoms in total. The second-order valence-corrected chi connectivity index (χ2v) is 4.52. The number of nitrogens with one attached hydrogen (secondary N) is 1. The molecular weight excluding hydrogens is 275 g/mol. The highest BCUT2D eigenvalue weighted by atomic mass is 79.9. The maximum Gasteiger partial charge on any atom is 0.0551 e. The van der Waals surface area contributed by atoms with E-state index in [4.69, 9.17) is 17.4 Å². The van der Waals surface area contributed by atoms with E-state index in [1.807, 2.05) is 24.3 Å². The Balaban J connectivity index is 2.82. The molecule has 1 aromatic rings. The van der Waals surface area contributed by atoms with Crippen LogP contribution in [-0.4, -0.2) is 0 Å². The molecule has 82 valence electrons. The number of hydrogen-bond donors (Lipinski definition) is 2. The Morgan fingerprint density at radius 1 is 1.60 bits per heavy atom. The fraction of sp³-hybridized carbons (Fsp3) is 0.273. The van der Waals surface area contributed by atoms with Gasteiger partial charge in [-0.05, 0) is 46.5 Å². The minimum absolute atomic E-state index is 0.119. The second kappa shape index (κ2) is 6.28. The SMILES string of the molecule is C=CCCC(NN)c1ccc(Br)c(Cl)c1. The molecular formula is C11H14BrClN2. The minimum atomic E-state index is 0.119. The Morgan fingerprint density at radius 3 is 2.87 bits per heavy atom. The predicted octanol–water partition coefficient (Wildman–Crippen LogP) is 3.57. The zero-order valence-corrected chi connectivity index (χ0v) is 10.7. The molecule has 0 aromatic heterocycles. The molecule has 0 bridgehead atoms. The van der Waals surface area contributed by atoms with Crippen LogP contribution >= 0.6 is 27.5 Å². The quantitative estimate of drug-likeness (QED) is 0.494. The smallest absolute Gasteiger partial charge is 0.0551 e. The molecule has 1 unspecified atom stereocenters. The van der Waals surface area contributed by atoms with Gasteiger partial charge in [-0.1, -0.05) is 23.7 Å². The molecule has 0 amide bonds. The van der Waals surface area contributed by atoms with Gasteiger partial charge in [-0.2, -0.15) is 0 Å². The molecule has 1 rings (SSSR count). The lowest BCUT2D eigenvalue weighted by atomic mass is 10.0. The summed E-state index contributed by atoms with van der Waals surface area (Å²) in [7, 11) is 0. The van der Waals surface area contributed by atoms with Crippen LogP contribution < -0.4 is 11.3 Å². The third kappa shape index (κ3) is 3.61. The van der Waals surface area contributed by atoms with Crippen LogP contribution in [0.25, 0.3) is 0 Å². The van der Waals surface area contributed by atoms with E-state index in [0.29, 0.717) is 5.02 Å². The van der Waals surface area contributed by atoms with E-state index in [9.17, 15) is 0 Å². The first-order chi connectivity index (χ1) is 7.19. The van der Waals surface area contributed by atoms with Crippen LogP contribution in [-0.2, 0) is 0 Å². The normalized spacial score (nSPS) is 12.5. The molecule has 4 heteroatoms. The van der Waals surface area contributed by atoms with Crippen molar-refractivity contribution in [3.63, 3.8) is 0 Å². The minimum Gasteiger partial charge on any atom is -0.271 e. The Bertz CT molecular complexity index is 341. The van der Waals surface area contributed by atoms with Crippen LogP contribution in [0, 0.1) is 0 Å². The Labute approximate surface area is 104 Å². The zero-order chi connectivity index (χ0) is 11.3. The van der Waals surface area contributed by atoms with Gasteiger partial charge in [0.25, 0.3) is 0 Å². The van der Waals surface area contributed by atoms with E-state index in [2.05, 4.69) is 27.9 Å². The number of hydrazine groups is 1. The molecule has 0 saturated carbocycles. The fourth-order valence-corrected chi connectivity index (χ4v) is 1.80. The predicted molar refractivity (Wildman–Crippen MR) is 68.6 cm³/mol. The van der Waals surface area contributed by atoms with Gasteiger partial charge in [0.2, 0.25) is 0 Å². The first-order valence-electron chi connectivity index (χ1n) is 4.71. The van der Waals surface area contributed by atoms with Gasteiger partial charge in [0.1, 0.15) is 0 Å². The Hall–Kier alpha value is -0.350. The van der Waals surface area contributed by atoms with Gasteiger partial charge in [0.05, 0.1) is 5.02 Å². The van der Waals surface area contributed by atoms with Crippen molar-refractivity contribution in [2.45, 2.75) is 18.9 Å². The molecule has 0 radical (unpaired) electrons. The van der Waals surface area contributed by atoms with Crippen molar-refractivity contribution < 1.29 is 0 Å². The van der Waals surface area contributed by atoms with Crippen LogP contribution in [0.15, 0.2) is 35.3 Å². The summed E-state index contributed by atoms with van der Waals surface area (Å²) in [5, 5.41) is 0.700.